The zero-order valence-electron chi connectivity index (χ0n) is 9.09. The summed E-state index contributed by atoms with van der Waals surface area (Å²) in [6, 6.07) is 0. The third-order valence-electron chi connectivity index (χ3n) is 1.34. The molecule has 0 aliphatic carbocycles. The van der Waals surface area contributed by atoms with Crippen LogP contribution in [-0.2, 0) is 9.53 Å². The quantitative estimate of drug-likeness (QED) is 0.496. The first-order valence-corrected chi connectivity index (χ1v) is 4.82. The minimum Gasteiger partial charge on any atom is -0.460 e. The lowest BCUT2D eigenvalue weighted by Gasteiger charge is -2.19. The number of carbonyl (C=O) groups excluding carboxylic acids is 1. The van der Waals surface area contributed by atoms with Gasteiger partial charge >= 0.3 is 5.97 Å². The van der Waals surface area contributed by atoms with Gasteiger partial charge in [-0.05, 0) is 33.6 Å². The fourth-order valence-corrected chi connectivity index (χ4v) is 0.878. The van der Waals surface area contributed by atoms with Gasteiger partial charge in [0.1, 0.15) is 5.60 Å². The molecule has 0 heterocycles. The van der Waals surface area contributed by atoms with E-state index in [-0.39, 0.29) is 11.6 Å². The van der Waals surface area contributed by atoms with Crippen molar-refractivity contribution in [1.82, 2.24) is 0 Å². The van der Waals surface area contributed by atoms with Crippen LogP contribution in [0.1, 0.15) is 47.0 Å². The SMILES string of the molecule is CCC=CCCC(=O)OC(C)(C)C. The largest absolute Gasteiger partial charge is 0.460 e. The van der Waals surface area contributed by atoms with Gasteiger partial charge in [0, 0.05) is 6.42 Å². The van der Waals surface area contributed by atoms with Crippen LogP contribution in [0.25, 0.3) is 0 Å². The Morgan fingerprint density at radius 3 is 2.38 bits per heavy atom. The molecular weight excluding hydrogens is 164 g/mol. The fraction of sp³-hybridized carbons (Fsp3) is 0.727. The Bertz CT molecular complexity index is 175. The van der Waals surface area contributed by atoms with E-state index in [9.17, 15) is 4.79 Å². The van der Waals surface area contributed by atoms with Crippen LogP contribution in [0.4, 0.5) is 0 Å². The topological polar surface area (TPSA) is 26.3 Å². The number of ether oxygens (including phenoxy) is 1. The number of hydrogen-bond donors (Lipinski definition) is 0. The van der Waals surface area contributed by atoms with Crippen LogP contribution in [-0.4, -0.2) is 11.6 Å². The predicted octanol–water partition coefficient (Wildman–Crippen LogP) is 3.07. The first kappa shape index (κ1) is 12.2. The molecule has 76 valence electrons. The number of hydrogen-bond acceptors (Lipinski definition) is 2. The van der Waals surface area contributed by atoms with Crippen molar-refractivity contribution in [1.29, 1.82) is 0 Å². The van der Waals surface area contributed by atoms with Crippen molar-refractivity contribution < 1.29 is 9.53 Å². The van der Waals surface area contributed by atoms with Crippen LogP contribution < -0.4 is 0 Å². The lowest BCUT2D eigenvalue weighted by Crippen LogP contribution is -2.23. The molecule has 0 atom stereocenters. The maximum Gasteiger partial charge on any atom is 0.306 e. The highest BCUT2D eigenvalue weighted by Gasteiger charge is 2.14. The van der Waals surface area contributed by atoms with Crippen LogP contribution in [0.2, 0.25) is 0 Å². The van der Waals surface area contributed by atoms with Gasteiger partial charge < -0.3 is 4.74 Å². The van der Waals surface area contributed by atoms with Gasteiger partial charge in [0.05, 0.1) is 0 Å². The molecule has 0 fully saturated rings. The number of esters is 1. The van der Waals surface area contributed by atoms with Crippen molar-refractivity contribution in [2.24, 2.45) is 0 Å². The monoisotopic (exact) mass is 184 g/mol. The number of rotatable bonds is 4. The molecule has 0 N–H and O–H groups in total. The Labute approximate surface area is 81.0 Å². The van der Waals surface area contributed by atoms with E-state index in [1.165, 1.54) is 0 Å². The van der Waals surface area contributed by atoms with Crippen LogP contribution in [0.5, 0.6) is 0 Å². The first-order valence-electron chi connectivity index (χ1n) is 4.82. The summed E-state index contributed by atoms with van der Waals surface area (Å²) in [6.07, 6.45) is 6.36. The second kappa shape index (κ2) is 5.79. The molecule has 0 amide bonds. The third-order valence-corrected chi connectivity index (χ3v) is 1.34. The van der Waals surface area contributed by atoms with Crippen molar-refractivity contribution in [3.05, 3.63) is 12.2 Å². The van der Waals surface area contributed by atoms with Gasteiger partial charge in [-0.1, -0.05) is 19.1 Å². The Morgan fingerprint density at radius 2 is 1.92 bits per heavy atom. The zero-order chi connectivity index (χ0) is 10.3. The summed E-state index contributed by atoms with van der Waals surface area (Å²) < 4.78 is 5.15. The highest BCUT2D eigenvalue weighted by atomic mass is 16.6. The summed E-state index contributed by atoms with van der Waals surface area (Å²) >= 11 is 0. The fourth-order valence-electron chi connectivity index (χ4n) is 0.878. The Balaban J connectivity index is 3.58. The average molecular weight is 184 g/mol. The van der Waals surface area contributed by atoms with Gasteiger partial charge in [-0.2, -0.15) is 0 Å². The summed E-state index contributed by atoms with van der Waals surface area (Å²) in [5.74, 6) is -0.117. The molecule has 0 unspecified atom stereocenters. The normalized spacial score (nSPS) is 12.0. The molecule has 0 aliphatic heterocycles. The second-order valence-corrected chi connectivity index (χ2v) is 4.00. The summed E-state index contributed by atoms with van der Waals surface area (Å²) in [5.41, 5.74) is -0.356. The molecule has 0 saturated heterocycles. The Hall–Kier alpha value is -0.790. The van der Waals surface area contributed by atoms with Gasteiger partial charge in [-0.25, -0.2) is 0 Å². The van der Waals surface area contributed by atoms with E-state index in [0.29, 0.717) is 6.42 Å². The molecule has 13 heavy (non-hydrogen) atoms. The van der Waals surface area contributed by atoms with E-state index in [1.54, 1.807) is 0 Å². The van der Waals surface area contributed by atoms with Crippen LogP contribution in [0.3, 0.4) is 0 Å². The van der Waals surface area contributed by atoms with E-state index >= 15 is 0 Å². The molecule has 0 aliphatic rings. The van der Waals surface area contributed by atoms with Crippen LogP contribution in [0.15, 0.2) is 12.2 Å². The molecule has 0 aromatic carbocycles. The minimum atomic E-state index is -0.356. The van der Waals surface area contributed by atoms with E-state index in [2.05, 4.69) is 13.0 Å². The van der Waals surface area contributed by atoms with Gasteiger partial charge in [0.15, 0.2) is 0 Å². The minimum absolute atomic E-state index is 0.117. The van der Waals surface area contributed by atoms with Crippen LogP contribution >= 0.6 is 0 Å². The molecule has 0 aromatic rings. The third kappa shape index (κ3) is 9.12. The maximum absolute atomic E-state index is 11.2. The molecule has 0 aromatic heterocycles. The van der Waals surface area contributed by atoms with E-state index in [1.807, 2.05) is 26.8 Å². The van der Waals surface area contributed by atoms with E-state index in [4.69, 9.17) is 4.74 Å². The molecular formula is C11H20O2. The van der Waals surface area contributed by atoms with Crippen molar-refractivity contribution in [2.45, 2.75) is 52.6 Å². The van der Waals surface area contributed by atoms with Crippen LogP contribution in [0, 0.1) is 0 Å². The Morgan fingerprint density at radius 1 is 1.31 bits per heavy atom. The summed E-state index contributed by atoms with van der Waals surface area (Å²) in [4.78, 5) is 11.2. The van der Waals surface area contributed by atoms with Crippen molar-refractivity contribution in [3.63, 3.8) is 0 Å². The van der Waals surface area contributed by atoms with E-state index < -0.39 is 0 Å². The average Bonchev–Trinajstić information content (AvgIpc) is 1.94. The molecule has 2 nitrogen and oxygen atoms in total. The molecule has 2 heteroatoms. The molecule has 0 bridgehead atoms. The highest BCUT2D eigenvalue weighted by molar-refractivity contribution is 5.69. The van der Waals surface area contributed by atoms with Crippen molar-refractivity contribution in [2.75, 3.05) is 0 Å². The number of allylic oxidation sites excluding steroid dienone is 2. The number of carbonyl (C=O) groups is 1. The second-order valence-electron chi connectivity index (χ2n) is 4.00. The summed E-state index contributed by atoms with van der Waals surface area (Å²) in [6.45, 7) is 7.72. The van der Waals surface area contributed by atoms with Gasteiger partial charge in [0.2, 0.25) is 0 Å². The highest BCUT2D eigenvalue weighted by Crippen LogP contribution is 2.09. The maximum atomic E-state index is 11.2. The van der Waals surface area contributed by atoms with Gasteiger partial charge in [0.25, 0.3) is 0 Å². The van der Waals surface area contributed by atoms with Crippen molar-refractivity contribution in [3.8, 4) is 0 Å². The molecule has 0 saturated carbocycles. The molecule has 0 radical (unpaired) electrons. The Kier molecular flexibility index (Phi) is 5.44. The lowest BCUT2D eigenvalue weighted by molar-refractivity contribution is -0.154. The molecule has 0 spiro atoms. The summed E-state index contributed by atoms with van der Waals surface area (Å²) in [7, 11) is 0. The van der Waals surface area contributed by atoms with Crippen molar-refractivity contribution >= 4 is 5.97 Å². The standard InChI is InChI=1S/C11H20O2/c1-5-6-7-8-9-10(12)13-11(2,3)4/h6-7H,5,8-9H2,1-4H3. The lowest BCUT2D eigenvalue weighted by atomic mass is 10.2. The van der Waals surface area contributed by atoms with E-state index in [0.717, 1.165) is 12.8 Å². The molecule has 0 rings (SSSR count). The smallest absolute Gasteiger partial charge is 0.306 e. The van der Waals surface area contributed by atoms with Gasteiger partial charge in [-0.3, -0.25) is 4.79 Å². The zero-order valence-corrected chi connectivity index (χ0v) is 9.09. The first-order chi connectivity index (χ1) is 5.95. The predicted molar refractivity (Wildman–Crippen MR) is 54.5 cm³/mol. The van der Waals surface area contributed by atoms with Gasteiger partial charge in [-0.15, -0.1) is 0 Å². The summed E-state index contributed by atoms with van der Waals surface area (Å²) in [5, 5.41) is 0.